The predicted octanol–water partition coefficient (Wildman–Crippen LogP) is 5.52. The number of hydrogen-bond acceptors (Lipinski definition) is 4. The van der Waals surface area contributed by atoms with Gasteiger partial charge in [0.25, 0.3) is 0 Å². The van der Waals surface area contributed by atoms with Gasteiger partial charge in [-0.15, -0.1) is 0 Å². The van der Waals surface area contributed by atoms with Crippen LogP contribution < -0.4 is 11.1 Å². The van der Waals surface area contributed by atoms with Gasteiger partial charge < -0.3 is 20.9 Å². The minimum absolute atomic E-state index is 0.0858. The van der Waals surface area contributed by atoms with Crippen LogP contribution in [0.3, 0.4) is 0 Å². The van der Waals surface area contributed by atoms with E-state index in [0.717, 1.165) is 25.7 Å². The van der Waals surface area contributed by atoms with E-state index in [9.17, 15) is 14.7 Å². The van der Waals surface area contributed by atoms with E-state index in [1.807, 2.05) is 27.7 Å². The zero-order valence-corrected chi connectivity index (χ0v) is 21.0. The van der Waals surface area contributed by atoms with E-state index in [0.29, 0.717) is 0 Å². The molecule has 2 amide bonds. The first-order valence-corrected chi connectivity index (χ1v) is 12.1. The maximum absolute atomic E-state index is 15.0. The Labute approximate surface area is 204 Å². The molecule has 1 unspecified atom stereocenters. The fraction of sp³-hybridized carbons (Fsp3) is 0.667. The molecule has 0 saturated heterocycles. The third-order valence-corrected chi connectivity index (χ3v) is 8.44. The number of carbonyl (C=O) groups excluding carboxylic acids is 2. The highest BCUT2D eigenvalue weighted by Gasteiger charge is 2.58. The van der Waals surface area contributed by atoms with Gasteiger partial charge in [0.1, 0.15) is 11.4 Å². The molecule has 184 valence electrons. The van der Waals surface area contributed by atoms with Crippen LogP contribution in [0, 0.1) is 22.6 Å². The van der Waals surface area contributed by atoms with Crippen LogP contribution in [0.2, 0.25) is 10.0 Å². The smallest absolute Gasteiger partial charge is 0.405 e. The fourth-order valence-corrected chi connectivity index (χ4v) is 6.05. The Balaban J connectivity index is 1.94. The van der Waals surface area contributed by atoms with Gasteiger partial charge in [-0.05, 0) is 36.8 Å². The Kier molecular flexibility index (Phi) is 7.29. The Morgan fingerprint density at radius 3 is 2.42 bits per heavy atom. The molecule has 0 aromatic heterocycles. The van der Waals surface area contributed by atoms with Gasteiger partial charge in [-0.3, -0.25) is 4.79 Å². The van der Waals surface area contributed by atoms with Gasteiger partial charge in [0.15, 0.2) is 0 Å². The van der Waals surface area contributed by atoms with E-state index in [1.165, 1.54) is 12.1 Å². The quantitative estimate of drug-likeness (QED) is 0.461. The number of amides is 2. The fourth-order valence-electron chi connectivity index (χ4n) is 5.63. The monoisotopic (exact) mass is 502 g/mol. The maximum atomic E-state index is 15.0. The first-order chi connectivity index (χ1) is 15.2. The largest absolute Gasteiger partial charge is 0.440 e. The number of rotatable bonds is 5. The number of aliphatic hydroxyl groups excluding tert-OH is 1. The summed E-state index contributed by atoms with van der Waals surface area (Å²) < 4.78 is 20.4. The number of aliphatic hydroxyl groups is 1. The van der Waals surface area contributed by atoms with E-state index in [2.05, 4.69) is 5.32 Å². The van der Waals surface area contributed by atoms with Crippen LogP contribution in [0.5, 0.6) is 0 Å². The number of nitrogens with one attached hydrogen (secondary N) is 1. The molecule has 1 aromatic rings. The lowest BCUT2D eigenvalue weighted by Gasteiger charge is -2.43. The summed E-state index contributed by atoms with van der Waals surface area (Å²) in [5.41, 5.74) is 3.08. The van der Waals surface area contributed by atoms with Crippen LogP contribution in [0.15, 0.2) is 12.1 Å². The molecular formula is C24H33Cl2FN2O4. The minimum Gasteiger partial charge on any atom is -0.440 e. The van der Waals surface area contributed by atoms with Crippen molar-refractivity contribution in [2.75, 3.05) is 0 Å². The first kappa shape index (κ1) is 26.0. The van der Waals surface area contributed by atoms with Gasteiger partial charge in [-0.1, -0.05) is 63.7 Å². The molecule has 0 radical (unpaired) electrons. The molecular weight excluding hydrogens is 470 g/mol. The molecule has 1 aromatic carbocycles. The molecule has 9 heteroatoms. The number of ether oxygens (including phenoxy) is 1. The number of benzene rings is 1. The van der Waals surface area contributed by atoms with Gasteiger partial charge in [0.05, 0.1) is 22.2 Å². The number of primary amides is 1. The Hall–Kier alpha value is -1.57. The van der Waals surface area contributed by atoms with E-state index >= 15 is 4.39 Å². The van der Waals surface area contributed by atoms with Crippen LogP contribution in [0.25, 0.3) is 0 Å². The summed E-state index contributed by atoms with van der Waals surface area (Å²) in [6, 6.07) is 1.95. The minimum atomic E-state index is -1.31. The molecule has 4 N–H and O–H groups in total. The second-order valence-corrected chi connectivity index (χ2v) is 11.6. The Morgan fingerprint density at radius 2 is 1.88 bits per heavy atom. The van der Waals surface area contributed by atoms with E-state index in [-0.39, 0.29) is 34.4 Å². The van der Waals surface area contributed by atoms with Crippen LogP contribution in [-0.2, 0) is 9.53 Å². The van der Waals surface area contributed by atoms with Crippen LogP contribution in [0.1, 0.15) is 77.8 Å². The topological polar surface area (TPSA) is 102 Å². The third-order valence-electron chi connectivity index (χ3n) is 7.62. The van der Waals surface area contributed by atoms with E-state index in [4.69, 9.17) is 33.7 Å². The summed E-state index contributed by atoms with van der Waals surface area (Å²) in [6.07, 6.45) is 1.62. The molecule has 33 heavy (non-hydrogen) atoms. The molecule has 2 fully saturated rings. The normalized spacial score (nSPS) is 27.9. The summed E-state index contributed by atoms with van der Waals surface area (Å²) in [6.45, 7) is 7.48. The van der Waals surface area contributed by atoms with Crippen LogP contribution in [-0.4, -0.2) is 28.8 Å². The molecule has 2 aliphatic rings. The van der Waals surface area contributed by atoms with Crippen molar-refractivity contribution < 1.29 is 23.8 Å². The summed E-state index contributed by atoms with van der Waals surface area (Å²) in [7, 11) is 0. The van der Waals surface area contributed by atoms with E-state index < -0.39 is 46.4 Å². The van der Waals surface area contributed by atoms with Crippen molar-refractivity contribution in [1.29, 1.82) is 0 Å². The lowest BCUT2D eigenvalue weighted by Crippen LogP contribution is -2.53. The molecule has 0 bridgehead atoms. The molecule has 0 spiro atoms. The predicted molar refractivity (Wildman–Crippen MR) is 125 cm³/mol. The third kappa shape index (κ3) is 4.82. The molecule has 3 rings (SSSR count). The van der Waals surface area contributed by atoms with Crippen molar-refractivity contribution in [3.63, 3.8) is 0 Å². The SMILES string of the molecule is CC1([C@H](NC(=O)C2C[C@@H](O)[C@](OC(N)=O)(C(C)(C)C)C2)c2c(F)ccc(Cl)c2Cl)CCCC1. The summed E-state index contributed by atoms with van der Waals surface area (Å²) >= 11 is 12.6. The standard InChI is InChI=1S/C24H33Cl2FN2O4/c1-22(2,3)24(33-21(28)32)12-13(11-16(24)30)20(31)29-19(23(4)9-5-6-10-23)17-15(27)8-7-14(25)18(17)26/h7-8,13,16,19,30H,5-6,9-12H2,1-4H3,(H2,28,32)(H,29,31)/t13?,16-,19-,24+/m1/s1. The van der Waals surface area contributed by atoms with Crippen molar-refractivity contribution in [2.24, 2.45) is 22.5 Å². The Morgan fingerprint density at radius 1 is 1.27 bits per heavy atom. The highest BCUT2D eigenvalue weighted by Crippen LogP contribution is 2.52. The summed E-state index contributed by atoms with van der Waals surface area (Å²) in [5, 5.41) is 14.2. The lowest BCUT2D eigenvalue weighted by molar-refractivity contribution is -0.131. The zero-order valence-electron chi connectivity index (χ0n) is 19.5. The van der Waals surface area contributed by atoms with Gasteiger partial charge >= 0.3 is 6.09 Å². The number of nitrogens with two attached hydrogens (primary N) is 1. The second kappa shape index (κ2) is 9.23. The van der Waals surface area contributed by atoms with Gasteiger partial charge in [-0.25, -0.2) is 9.18 Å². The summed E-state index contributed by atoms with van der Waals surface area (Å²) in [4.78, 5) is 25.1. The lowest BCUT2D eigenvalue weighted by atomic mass is 9.73. The van der Waals surface area contributed by atoms with Crippen molar-refractivity contribution in [2.45, 2.75) is 84.0 Å². The van der Waals surface area contributed by atoms with Crippen molar-refractivity contribution in [3.8, 4) is 0 Å². The maximum Gasteiger partial charge on any atom is 0.405 e. The zero-order chi connectivity index (χ0) is 24.8. The molecule has 4 atom stereocenters. The van der Waals surface area contributed by atoms with Gasteiger partial charge in [0.2, 0.25) is 5.91 Å². The highest BCUT2D eigenvalue weighted by molar-refractivity contribution is 6.42. The van der Waals surface area contributed by atoms with Crippen molar-refractivity contribution >= 4 is 35.2 Å². The van der Waals surface area contributed by atoms with Gasteiger partial charge in [0, 0.05) is 23.3 Å². The molecule has 6 nitrogen and oxygen atoms in total. The Bertz CT molecular complexity index is 930. The van der Waals surface area contributed by atoms with Gasteiger partial charge in [-0.2, -0.15) is 0 Å². The second-order valence-electron chi connectivity index (χ2n) is 10.8. The molecule has 0 heterocycles. The van der Waals surface area contributed by atoms with Crippen molar-refractivity contribution in [1.82, 2.24) is 5.32 Å². The number of carbonyl (C=O) groups is 2. The average Bonchev–Trinajstić information content (AvgIpc) is 3.28. The van der Waals surface area contributed by atoms with Crippen LogP contribution in [0.4, 0.5) is 9.18 Å². The average molecular weight is 503 g/mol. The number of halogens is 3. The van der Waals surface area contributed by atoms with E-state index in [1.54, 1.807) is 0 Å². The first-order valence-electron chi connectivity index (χ1n) is 11.3. The number of hydrogen-bond donors (Lipinski definition) is 3. The highest BCUT2D eigenvalue weighted by atomic mass is 35.5. The molecule has 0 aliphatic heterocycles. The summed E-state index contributed by atoms with van der Waals surface area (Å²) in [5.74, 6) is -1.55. The van der Waals surface area contributed by atoms with Crippen LogP contribution >= 0.6 is 23.2 Å². The molecule has 2 saturated carbocycles. The van der Waals surface area contributed by atoms with Crippen molar-refractivity contribution in [3.05, 3.63) is 33.6 Å². The molecule has 2 aliphatic carbocycles.